The molecule has 2 rings (SSSR count). The molecule has 0 saturated carbocycles. The number of nitrogens with one attached hydrogen (secondary N) is 2. The number of para-hydroxylation sites is 2. The molecular formula is C15H17ClN2. The second-order valence-electron chi connectivity index (χ2n) is 3.66. The topological polar surface area (TPSA) is 24.1 Å². The zero-order valence-electron chi connectivity index (χ0n) is 10.0. The van der Waals surface area contributed by atoms with Crippen molar-refractivity contribution < 1.29 is 0 Å². The summed E-state index contributed by atoms with van der Waals surface area (Å²) in [5.74, 6) is 0. The first-order valence-electron chi connectivity index (χ1n) is 5.71. The lowest BCUT2D eigenvalue weighted by atomic mass is 10.3. The van der Waals surface area contributed by atoms with Crippen LogP contribution in [0.2, 0.25) is 0 Å². The van der Waals surface area contributed by atoms with E-state index in [-0.39, 0.29) is 12.4 Å². The van der Waals surface area contributed by atoms with Gasteiger partial charge in [-0.15, -0.1) is 12.4 Å². The van der Waals surface area contributed by atoms with Gasteiger partial charge in [-0.25, -0.2) is 0 Å². The third-order valence-electron chi connectivity index (χ3n) is 2.34. The van der Waals surface area contributed by atoms with Gasteiger partial charge in [0.2, 0.25) is 0 Å². The van der Waals surface area contributed by atoms with Crippen molar-refractivity contribution in [1.29, 1.82) is 0 Å². The van der Waals surface area contributed by atoms with E-state index in [1.54, 1.807) is 0 Å². The Morgan fingerprint density at radius 1 is 0.778 bits per heavy atom. The maximum absolute atomic E-state index is 3.30. The molecule has 0 spiro atoms. The van der Waals surface area contributed by atoms with E-state index < -0.39 is 0 Å². The summed E-state index contributed by atoms with van der Waals surface area (Å²) in [5.41, 5.74) is 2.24. The van der Waals surface area contributed by atoms with Crippen molar-refractivity contribution in [2.45, 2.75) is 0 Å². The third kappa shape index (κ3) is 4.93. The average Bonchev–Trinajstić information content (AvgIpc) is 2.41. The molecule has 18 heavy (non-hydrogen) atoms. The molecule has 2 aromatic rings. The molecular weight excluding hydrogens is 244 g/mol. The second kappa shape index (κ2) is 8.20. The van der Waals surface area contributed by atoms with E-state index in [0.29, 0.717) is 0 Å². The molecule has 0 radical (unpaired) electrons. The van der Waals surface area contributed by atoms with Crippen LogP contribution in [0.25, 0.3) is 0 Å². The predicted octanol–water partition coefficient (Wildman–Crippen LogP) is 4.15. The molecule has 0 aliphatic carbocycles. The number of hydrogen-bond acceptors (Lipinski definition) is 2. The second-order valence-corrected chi connectivity index (χ2v) is 3.66. The average molecular weight is 261 g/mol. The van der Waals surface area contributed by atoms with Crippen molar-refractivity contribution in [2.24, 2.45) is 0 Å². The lowest BCUT2D eigenvalue weighted by Gasteiger charge is -2.02. The van der Waals surface area contributed by atoms with Crippen LogP contribution in [0.1, 0.15) is 0 Å². The minimum absolute atomic E-state index is 0. The van der Waals surface area contributed by atoms with Crippen LogP contribution in [-0.4, -0.2) is 6.54 Å². The summed E-state index contributed by atoms with van der Waals surface area (Å²) in [6.07, 6.45) is 4.01. The van der Waals surface area contributed by atoms with E-state index >= 15 is 0 Å². The number of anilines is 2. The number of rotatable bonds is 5. The Bertz CT molecular complexity index is 454. The summed E-state index contributed by atoms with van der Waals surface area (Å²) in [5, 5.41) is 6.51. The van der Waals surface area contributed by atoms with Crippen LogP contribution < -0.4 is 10.6 Å². The van der Waals surface area contributed by atoms with Crippen LogP contribution >= 0.6 is 12.4 Å². The third-order valence-corrected chi connectivity index (χ3v) is 2.34. The Morgan fingerprint density at radius 3 is 1.94 bits per heavy atom. The van der Waals surface area contributed by atoms with E-state index in [1.165, 1.54) is 0 Å². The van der Waals surface area contributed by atoms with Crippen molar-refractivity contribution in [2.75, 3.05) is 17.2 Å². The fourth-order valence-electron chi connectivity index (χ4n) is 1.48. The van der Waals surface area contributed by atoms with Crippen LogP contribution in [0.5, 0.6) is 0 Å². The van der Waals surface area contributed by atoms with Gasteiger partial charge in [-0.3, -0.25) is 0 Å². The SMILES string of the molecule is C(=C\Nc1ccccc1)/CNc1ccccc1.Cl. The molecule has 2 N–H and O–H groups in total. The number of benzene rings is 2. The first-order valence-corrected chi connectivity index (χ1v) is 5.71. The van der Waals surface area contributed by atoms with Gasteiger partial charge < -0.3 is 10.6 Å². The Labute approximate surface area is 114 Å². The summed E-state index contributed by atoms with van der Waals surface area (Å²) in [4.78, 5) is 0. The van der Waals surface area contributed by atoms with Gasteiger partial charge in [0, 0.05) is 17.9 Å². The van der Waals surface area contributed by atoms with E-state index in [0.717, 1.165) is 17.9 Å². The van der Waals surface area contributed by atoms with Crippen LogP contribution in [0.4, 0.5) is 11.4 Å². The minimum Gasteiger partial charge on any atom is -0.382 e. The van der Waals surface area contributed by atoms with Crippen LogP contribution in [0, 0.1) is 0 Å². The molecule has 0 aliphatic rings. The van der Waals surface area contributed by atoms with Crippen molar-refractivity contribution in [3.63, 3.8) is 0 Å². The van der Waals surface area contributed by atoms with Crippen LogP contribution in [0.15, 0.2) is 72.9 Å². The molecule has 2 nitrogen and oxygen atoms in total. The van der Waals surface area contributed by atoms with E-state index in [4.69, 9.17) is 0 Å². The van der Waals surface area contributed by atoms with Crippen molar-refractivity contribution in [3.8, 4) is 0 Å². The number of halogens is 1. The highest BCUT2D eigenvalue weighted by molar-refractivity contribution is 5.85. The summed E-state index contributed by atoms with van der Waals surface area (Å²) in [6.45, 7) is 0.809. The van der Waals surface area contributed by atoms with Gasteiger partial charge in [0.05, 0.1) is 0 Å². The first kappa shape index (κ1) is 14.1. The smallest absolute Gasteiger partial charge is 0.0379 e. The molecule has 0 fully saturated rings. The van der Waals surface area contributed by atoms with Crippen LogP contribution in [0.3, 0.4) is 0 Å². The molecule has 94 valence electrons. The summed E-state index contributed by atoms with van der Waals surface area (Å²) in [6, 6.07) is 20.3. The Balaban J connectivity index is 0.00000162. The lowest BCUT2D eigenvalue weighted by molar-refractivity contribution is 1.33. The van der Waals surface area contributed by atoms with Gasteiger partial charge >= 0.3 is 0 Å². The summed E-state index contributed by atoms with van der Waals surface area (Å²) < 4.78 is 0. The number of hydrogen-bond donors (Lipinski definition) is 2. The molecule has 0 aromatic heterocycles. The molecule has 0 unspecified atom stereocenters. The standard InChI is InChI=1S/C15H16N2.ClH/c1-3-8-14(9-4-1)16-12-7-13-17-15-10-5-2-6-11-15;/h1-12,16-17H,13H2;1H/b12-7+;. The zero-order chi connectivity index (χ0) is 11.8. The van der Waals surface area contributed by atoms with Gasteiger partial charge in [-0.1, -0.05) is 36.4 Å². The molecule has 2 aromatic carbocycles. The summed E-state index contributed by atoms with van der Waals surface area (Å²) >= 11 is 0. The Morgan fingerprint density at radius 2 is 1.33 bits per heavy atom. The van der Waals surface area contributed by atoms with E-state index in [1.807, 2.05) is 54.7 Å². The highest BCUT2D eigenvalue weighted by atomic mass is 35.5. The molecule has 0 bridgehead atoms. The Hall–Kier alpha value is -1.93. The fraction of sp³-hybridized carbons (Fsp3) is 0.0667. The van der Waals surface area contributed by atoms with Gasteiger partial charge in [0.1, 0.15) is 0 Å². The lowest BCUT2D eigenvalue weighted by Crippen LogP contribution is -1.98. The van der Waals surface area contributed by atoms with Gasteiger partial charge in [-0.05, 0) is 36.5 Å². The molecule has 0 saturated heterocycles. The van der Waals surface area contributed by atoms with E-state index in [9.17, 15) is 0 Å². The fourth-order valence-corrected chi connectivity index (χ4v) is 1.48. The monoisotopic (exact) mass is 260 g/mol. The predicted molar refractivity (Wildman–Crippen MR) is 81.4 cm³/mol. The quantitative estimate of drug-likeness (QED) is 0.844. The zero-order valence-corrected chi connectivity index (χ0v) is 10.9. The van der Waals surface area contributed by atoms with Gasteiger partial charge in [0.25, 0.3) is 0 Å². The molecule has 0 atom stereocenters. The molecule has 3 heteroatoms. The van der Waals surface area contributed by atoms with Crippen molar-refractivity contribution in [3.05, 3.63) is 72.9 Å². The minimum atomic E-state index is 0. The normalized spacial score (nSPS) is 9.78. The molecule has 0 aliphatic heterocycles. The highest BCUT2D eigenvalue weighted by Crippen LogP contribution is 2.05. The maximum Gasteiger partial charge on any atom is 0.0379 e. The van der Waals surface area contributed by atoms with Gasteiger partial charge in [0.15, 0.2) is 0 Å². The van der Waals surface area contributed by atoms with Gasteiger partial charge in [-0.2, -0.15) is 0 Å². The van der Waals surface area contributed by atoms with E-state index in [2.05, 4.69) is 28.8 Å². The van der Waals surface area contributed by atoms with Crippen LogP contribution in [-0.2, 0) is 0 Å². The molecule has 0 amide bonds. The largest absolute Gasteiger partial charge is 0.382 e. The van der Waals surface area contributed by atoms with Crippen molar-refractivity contribution in [1.82, 2.24) is 0 Å². The maximum atomic E-state index is 3.30. The first-order chi connectivity index (χ1) is 8.45. The van der Waals surface area contributed by atoms with Crippen molar-refractivity contribution >= 4 is 23.8 Å². The summed E-state index contributed by atoms with van der Waals surface area (Å²) in [7, 11) is 0. The highest BCUT2D eigenvalue weighted by Gasteiger charge is 1.85. The molecule has 0 heterocycles. The Kier molecular flexibility index (Phi) is 6.44.